The molecule has 0 amide bonds. The van der Waals surface area contributed by atoms with Gasteiger partial charge in [-0.15, -0.1) is 0 Å². The topological polar surface area (TPSA) is 40.5 Å². The SMILES string of the molecule is CCC[C@H](C)C[C@H](C)C[C@H](C)[C@@H](O)CO. The summed E-state index contributed by atoms with van der Waals surface area (Å²) in [6.45, 7) is 8.67. The fourth-order valence-electron chi connectivity index (χ4n) is 2.37. The fourth-order valence-corrected chi connectivity index (χ4v) is 2.37. The van der Waals surface area contributed by atoms with Crippen molar-refractivity contribution in [1.29, 1.82) is 0 Å². The minimum absolute atomic E-state index is 0.113. The molecule has 0 saturated carbocycles. The predicted molar refractivity (Wildman–Crippen MR) is 64.7 cm³/mol. The second kappa shape index (κ2) is 8.12. The monoisotopic (exact) mass is 216 g/mol. The van der Waals surface area contributed by atoms with E-state index in [9.17, 15) is 5.11 Å². The first-order valence-electron chi connectivity index (χ1n) is 6.30. The number of rotatable bonds is 8. The Balaban J connectivity index is 3.76. The molecule has 0 aromatic carbocycles. The molecule has 0 spiro atoms. The Morgan fingerprint density at radius 1 is 1.00 bits per heavy atom. The maximum Gasteiger partial charge on any atom is 0.0796 e. The van der Waals surface area contributed by atoms with Crippen molar-refractivity contribution in [2.24, 2.45) is 17.8 Å². The number of hydrogen-bond donors (Lipinski definition) is 2. The lowest BCUT2D eigenvalue weighted by Gasteiger charge is -2.22. The molecule has 4 atom stereocenters. The summed E-state index contributed by atoms with van der Waals surface area (Å²) < 4.78 is 0. The number of hydrogen-bond acceptors (Lipinski definition) is 2. The normalized spacial score (nSPS) is 19.6. The van der Waals surface area contributed by atoms with Crippen LogP contribution in [0.2, 0.25) is 0 Å². The van der Waals surface area contributed by atoms with E-state index in [-0.39, 0.29) is 12.5 Å². The smallest absolute Gasteiger partial charge is 0.0796 e. The van der Waals surface area contributed by atoms with Crippen molar-refractivity contribution in [3.63, 3.8) is 0 Å². The maximum absolute atomic E-state index is 9.46. The molecule has 0 aliphatic rings. The summed E-state index contributed by atoms with van der Waals surface area (Å²) in [6.07, 6.45) is 4.24. The van der Waals surface area contributed by atoms with Crippen LogP contribution in [0.5, 0.6) is 0 Å². The Morgan fingerprint density at radius 3 is 2.07 bits per heavy atom. The van der Waals surface area contributed by atoms with Crippen molar-refractivity contribution in [3.05, 3.63) is 0 Å². The molecular formula is C13H28O2. The highest BCUT2D eigenvalue weighted by Crippen LogP contribution is 2.23. The van der Waals surface area contributed by atoms with Gasteiger partial charge in [-0.2, -0.15) is 0 Å². The van der Waals surface area contributed by atoms with Gasteiger partial charge in [-0.25, -0.2) is 0 Å². The van der Waals surface area contributed by atoms with Crippen molar-refractivity contribution >= 4 is 0 Å². The van der Waals surface area contributed by atoms with E-state index in [1.807, 2.05) is 6.92 Å². The van der Waals surface area contributed by atoms with Crippen LogP contribution in [-0.2, 0) is 0 Å². The molecule has 0 unspecified atom stereocenters. The van der Waals surface area contributed by atoms with Crippen LogP contribution in [0.3, 0.4) is 0 Å². The molecule has 92 valence electrons. The van der Waals surface area contributed by atoms with Gasteiger partial charge in [0.25, 0.3) is 0 Å². The predicted octanol–water partition coefficient (Wildman–Crippen LogP) is 2.83. The van der Waals surface area contributed by atoms with Crippen LogP contribution in [0.4, 0.5) is 0 Å². The highest BCUT2D eigenvalue weighted by atomic mass is 16.3. The van der Waals surface area contributed by atoms with E-state index >= 15 is 0 Å². The van der Waals surface area contributed by atoms with Gasteiger partial charge in [0, 0.05) is 0 Å². The summed E-state index contributed by atoms with van der Waals surface area (Å²) in [5.41, 5.74) is 0. The third kappa shape index (κ3) is 6.91. The molecule has 0 saturated heterocycles. The second-order valence-electron chi connectivity index (χ2n) is 5.20. The van der Waals surface area contributed by atoms with Gasteiger partial charge < -0.3 is 10.2 Å². The zero-order valence-corrected chi connectivity index (χ0v) is 10.7. The lowest BCUT2D eigenvalue weighted by molar-refractivity contribution is 0.0438. The van der Waals surface area contributed by atoms with E-state index in [0.29, 0.717) is 5.92 Å². The van der Waals surface area contributed by atoms with E-state index in [1.165, 1.54) is 19.3 Å². The minimum atomic E-state index is -0.547. The maximum atomic E-state index is 9.46. The van der Waals surface area contributed by atoms with E-state index in [1.54, 1.807) is 0 Å². The van der Waals surface area contributed by atoms with Crippen molar-refractivity contribution in [2.75, 3.05) is 6.61 Å². The lowest BCUT2D eigenvalue weighted by Crippen LogP contribution is -2.23. The van der Waals surface area contributed by atoms with Crippen LogP contribution in [0.15, 0.2) is 0 Å². The highest BCUT2D eigenvalue weighted by Gasteiger charge is 2.17. The molecular weight excluding hydrogens is 188 g/mol. The van der Waals surface area contributed by atoms with Crippen LogP contribution in [-0.4, -0.2) is 22.9 Å². The van der Waals surface area contributed by atoms with E-state index in [4.69, 9.17) is 5.11 Å². The van der Waals surface area contributed by atoms with Crippen LogP contribution in [0.1, 0.15) is 53.4 Å². The Hall–Kier alpha value is -0.0800. The molecule has 0 aliphatic carbocycles. The highest BCUT2D eigenvalue weighted by molar-refractivity contribution is 4.68. The number of aliphatic hydroxyl groups excluding tert-OH is 2. The third-order valence-electron chi connectivity index (χ3n) is 3.20. The molecule has 2 nitrogen and oxygen atoms in total. The van der Waals surface area contributed by atoms with Crippen LogP contribution in [0, 0.1) is 17.8 Å². The van der Waals surface area contributed by atoms with Gasteiger partial charge in [-0.1, -0.05) is 40.5 Å². The molecule has 0 fully saturated rings. The van der Waals surface area contributed by atoms with Crippen molar-refractivity contribution in [1.82, 2.24) is 0 Å². The van der Waals surface area contributed by atoms with Gasteiger partial charge in [0.2, 0.25) is 0 Å². The standard InChI is InChI=1S/C13H28O2/c1-5-6-10(2)7-11(3)8-12(4)13(15)9-14/h10-15H,5-9H2,1-4H3/t10-,11-,12-,13-/m0/s1. The van der Waals surface area contributed by atoms with Gasteiger partial charge in [-0.3, -0.25) is 0 Å². The van der Waals surface area contributed by atoms with Crippen molar-refractivity contribution < 1.29 is 10.2 Å². The molecule has 2 heteroatoms. The Labute approximate surface area is 94.7 Å². The average molecular weight is 216 g/mol. The van der Waals surface area contributed by atoms with Crippen LogP contribution in [0.25, 0.3) is 0 Å². The fraction of sp³-hybridized carbons (Fsp3) is 1.00. The van der Waals surface area contributed by atoms with Gasteiger partial charge >= 0.3 is 0 Å². The zero-order valence-electron chi connectivity index (χ0n) is 10.7. The van der Waals surface area contributed by atoms with E-state index < -0.39 is 6.10 Å². The Kier molecular flexibility index (Phi) is 8.07. The molecule has 0 radical (unpaired) electrons. The molecule has 15 heavy (non-hydrogen) atoms. The van der Waals surface area contributed by atoms with Crippen LogP contribution >= 0.6 is 0 Å². The van der Waals surface area contributed by atoms with Gasteiger partial charge in [0.1, 0.15) is 0 Å². The summed E-state index contributed by atoms with van der Waals surface area (Å²) >= 11 is 0. The molecule has 0 aromatic rings. The molecule has 0 bridgehead atoms. The zero-order chi connectivity index (χ0) is 11.8. The first-order chi connectivity index (χ1) is 7.01. The largest absolute Gasteiger partial charge is 0.394 e. The van der Waals surface area contributed by atoms with E-state index in [2.05, 4.69) is 20.8 Å². The molecule has 0 rings (SSSR count). The molecule has 0 heterocycles. The summed E-state index contributed by atoms with van der Waals surface area (Å²) in [5, 5.41) is 18.3. The Morgan fingerprint density at radius 2 is 1.60 bits per heavy atom. The number of aliphatic hydroxyl groups is 2. The second-order valence-corrected chi connectivity index (χ2v) is 5.20. The third-order valence-corrected chi connectivity index (χ3v) is 3.20. The first kappa shape index (κ1) is 14.9. The minimum Gasteiger partial charge on any atom is -0.394 e. The van der Waals surface area contributed by atoms with Crippen molar-refractivity contribution in [2.45, 2.75) is 59.5 Å². The van der Waals surface area contributed by atoms with Crippen LogP contribution < -0.4 is 0 Å². The Bertz CT molecular complexity index is 147. The molecule has 0 aliphatic heterocycles. The van der Waals surface area contributed by atoms with Crippen molar-refractivity contribution in [3.8, 4) is 0 Å². The summed E-state index contributed by atoms with van der Waals surface area (Å²) in [5.74, 6) is 1.63. The average Bonchev–Trinajstić information content (AvgIpc) is 2.16. The lowest BCUT2D eigenvalue weighted by atomic mass is 9.86. The van der Waals surface area contributed by atoms with Gasteiger partial charge in [0.15, 0.2) is 0 Å². The quantitative estimate of drug-likeness (QED) is 0.655. The van der Waals surface area contributed by atoms with Gasteiger partial charge in [0.05, 0.1) is 12.7 Å². The molecule has 0 aromatic heterocycles. The van der Waals surface area contributed by atoms with E-state index in [0.717, 1.165) is 12.3 Å². The first-order valence-corrected chi connectivity index (χ1v) is 6.30. The summed E-state index contributed by atoms with van der Waals surface area (Å²) in [6, 6.07) is 0. The summed E-state index contributed by atoms with van der Waals surface area (Å²) in [7, 11) is 0. The summed E-state index contributed by atoms with van der Waals surface area (Å²) in [4.78, 5) is 0. The molecule has 2 N–H and O–H groups in total. The van der Waals surface area contributed by atoms with Gasteiger partial charge in [-0.05, 0) is 30.6 Å².